The lowest BCUT2D eigenvalue weighted by Gasteiger charge is -2.28. The van der Waals surface area contributed by atoms with Gasteiger partial charge in [0.05, 0.1) is 6.61 Å². The summed E-state index contributed by atoms with van der Waals surface area (Å²) in [5.74, 6) is 0.352. The van der Waals surface area contributed by atoms with E-state index in [9.17, 15) is 9.59 Å². The summed E-state index contributed by atoms with van der Waals surface area (Å²) in [6.45, 7) is 0.618. The number of hydrogen-bond donors (Lipinski definition) is 0. The maximum atomic E-state index is 11.4. The van der Waals surface area contributed by atoms with Crippen LogP contribution in [0.3, 0.4) is 0 Å². The molecule has 0 heterocycles. The lowest BCUT2D eigenvalue weighted by atomic mass is 9.75. The van der Waals surface area contributed by atoms with Gasteiger partial charge in [-0.15, -0.1) is 0 Å². The topological polar surface area (TPSA) is 43.4 Å². The minimum Gasteiger partial charge on any atom is -0.380 e. The van der Waals surface area contributed by atoms with Crippen LogP contribution in [0.2, 0.25) is 0 Å². The van der Waals surface area contributed by atoms with Crippen molar-refractivity contribution in [3.05, 3.63) is 23.8 Å². The van der Waals surface area contributed by atoms with E-state index in [0.717, 1.165) is 12.8 Å². The predicted octanol–water partition coefficient (Wildman–Crippen LogP) is 2.07. The number of rotatable bonds is 3. The third-order valence-corrected chi connectivity index (χ3v) is 3.59. The highest BCUT2D eigenvalue weighted by molar-refractivity contribution is 6.37. The molecule has 17 heavy (non-hydrogen) atoms. The van der Waals surface area contributed by atoms with E-state index in [4.69, 9.17) is 4.74 Å². The Hall–Kier alpha value is -1.22. The minimum atomic E-state index is -0.186. The van der Waals surface area contributed by atoms with Crippen molar-refractivity contribution in [1.29, 1.82) is 0 Å². The van der Waals surface area contributed by atoms with Gasteiger partial charge in [-0.05, 0) is 30.3 Å². The minimum absolute atomic E-state index is 0.183. The summed E-state index contributed by atoms with van der Waals surface area (Å²) in [5.41, 5.74) is 1.17. The van der Waals surface area contributed by atoms with Crippen molar-refractivity contribution in [1.82, 2.24) is 0 Å². The van der Waals surface area contributed by atoms with Crippen LogP contribution in [-0.4, -0.2) is 25.3 Å². The number of methoxy groups -OCH3 is 1. The van der Waals surface area contributed by atoms with Crippen LogP contribution in [-0.2, 0) is 14.3 Å². The number of allylic oxidation sites excluding steroid dienone is 2. The molecule has 0 bridgehead atoms. The summed E-state index contributed by atoms with van der Waals surface area (Å²) in [6, 6.07) is 0. The van der Waals surface area contributed by atoms with E-state index in [1.165, 1.54) is 5.57 Å². The molecule has 3 heteroatoms. The second-order valence-corrected chi connectivity index (χ2v) is 4.83. The van der Waals surface area contributed by atoms with E-state index >= 15 is 0 Å². The number of carbonyl (C=O) groups excluding carboxylic acids is 2. The normalized spacial score (nSPS) is 29.4. The van der Waals surface area contributed by atoms with Crippen LogP contribution in [0.4, 0.5) is 0 Å². The first-order chi connectivity index (χ1) is 8.20. The zero-order chi connectivity index (χ0) is 12.3. The Labute approximate surface area is 102 Å². The fourth-order valence-electron chi connectivity index (χ4n) is 2.64. The van der Waals surface area contributed by atoms with Crippen LogP contribution in [0.15, 0.2) is 23.8 Å². The number of ketones is 2. The van der Waals surface area contributed by atoms with Gasteiger partial charge in [-0.3, -0.25) is 9.59 Å². The van der Waals surface area contributed by atoms with Crippen LogP contribution >= 0.6 is 0 Å². The van der Waals surface area contributed by atoms with Gasteiger partial charge in [0.2, 0.25) is 0 Å². The van der Waals surface area contributed by atoms with E-state index < -0.39 is 0 Å². The molecule has 2 rings (SSSR count). The highest BCUT2D eigenvalue weighted by Crippen LogP contribution is 2.32. The molecular formula is C14H18O3. The van der Waals surface area contributed by atoms with Gasteiger partial charge in [0.15, 0.2) is 11.6 Å². The molecule has 0 amide bonds. The van der Waals surface area contributed by atoms with E-state index in [0.29, 0.717) is 31.3 Å². The molecule has 0 aromatic carbocycles. The summed E-state index contributed by atoms with van der Waals surface area (Å²) >= 11 is 0. The van der Waals surface area contributed by atoms with Crippen molar-refractivity contribution in [2.24, 2.45) is 11.8 Å². The highest BCUT2D eigenvalue weighted by atomic mass is 16.5. The lowest BCUT2D eigenvalue weighted by Crippen LogP contribution is -2.29. The van der Waals surface area contributed by atoms with E-state index in [2.05, 4.69) is 18.2 Å². The van der Waals surface area contributed by atoms with Crippen LogP contribution in [0, 0.1) is 11.8 Å². The average molecular weight is 234 g/mol. The molecule has 2 unspecified atom stereocenters. The molecule has 0 aromatic heterocycles. The Balaban J connectivity index is 2.01. The molecule has 1 fully saturated rings. The second kappa shape index (κ2) is 5.41. The molecule has 1 saturated carbocycles. The maximum absolute atomic E-state index is 11.4. The molecule has 0 spiro atoms. The molecule has 0 radical (unpaired) electrons. The number of carbonyl (C=O) groups is 2. The molecule has 2 aliphatic rings. The molecular weight excluding hydrogens is 216 g/mol. The molecule has 0 N–H and O–H groups in total. The molecule has 0 saturated heterocycles. The van der Waals surface area contributed by atoms with Crippen molar-refractivity contribution in [3.8, 4) is 0 Å². The number of Topliss-reactive ketones (excluding diaryl/α,β-unsaturated/α-hetero) is 2. The Morgan fingerprint density at radius 1 is 1.35 bits per heavy atom. The summed E-state index contributed by atoms with van der Waals surface area (Å²) < 4.78 is 5.11. The van der Waals surface area contributed by atoms with Crippen molar-refractivity contribution < 1.29 is 14.3 Å². The number of hydrogen-bond acceptors (Lipinski definition) is 3. The monoisotopic (exact) mass is 234 g/mol. The fourth-order valence-corrected chi connectivity index (χ4v) is 2.64. The summed E-state index contributed by atoms with van der Waals surface area (Å²) in [7, 11) is 1.68. The van der Waals surface area contributed by atoms with Crippen LogP contribution < -0.4 is 0 Å². The molecule has 2 aliphatic carbocycles. The Morgan fingerprint density at radius 3 is 2.88 bits per heavy atom. The summed E-state index contributed by atoms with van der Waals surface area (Å²) in [6.07, 6.45) is 9.09. The van der Waals surface area contributed by atoms with Gasteiger partial charge in [-0.2, -0.15) is 0 Å². The largest absolute Gasteiger partial charge is 0.380 e. The molecule has 0 aromatic rings. The van der Waals surface area contributed by atoms with Crippen LogP contribution in [0.25, 0.3) is 0 Å². The van der Waals surface area contributed by atoms with Crippen LogP contribution in [0.1, 0.15) is 25.7 Å². The SMILES string of the molecule is COCC1=CC(C2CCC(=O)C(=O)C2)CC=C1. The standard InChI is InChI=1S/C14H18O3/c1-17-9-10-3-2-4-11(7-10)12-5-6-13(15)14(16)8-12/h2-3,7,11-12H,4-6,8-9H2,1H3. The van der Waals surface area contributed by atoms with E-state index in [1.807, 2.05) is 0 Å². The first-order valence-corrected chi connectivity index (χ1v) is 6.13. The Kier molecular flexibility index (Phi) is 3.89. The van der Waals surface area contributed by atoms with Gasteiger partial charge in [-0.1, -0.05) is 18.2 Å². The van der Waals surface area contributed by atoms with Crippen LogP contribution in [0.5, 0.6) is 0 Å². The first-order valence-electron chi connectivity index (χ1n) is 6.13. The lowest BCUT2D eigenvalue weighted by molar-refractivity contribution is -0.139. The zero-order valence-corrected chi connectivity index (χ0v) is 10.1. The second-order valence-electron chi connectivity index (χ2n) is 4.83. The summed E-state index contributed by atoms with van der Waals surface area (Å²) in [5, 5.41) is 0. The Bertz CT molecular complexity index is 379. The smallest absolute Gasteiger partial charge is 0.198 e. The summed E-state index contributed by atoms with van der Waals surface area (Å²) in [4.78, 5) is 22.6. The number of ether oxygens (including phenoxy) is 1. The first kappa shape index (κ1) is 12.2. The molecule has 3 nitrogen and oxygen atoms in total. The fraction of sp³-hybridized carbons (Fsp3) is 0.571. The van der Waals surface area contributed by atoms with Gasteiger partial charge in [-0.25, -0.2) is 0 Å². The van der Waals surface area contributed by atoms with Crippen molar-refractivity contribution >= 4 is 11.6 Å². The van der Waals surface area contributed by atoms with Crippen molar-refractivity contribution in [3.63, 3.8) is 0 Å². The van der Waals surface area contributed by atoms with Crippen molar-refractivity contribution in [2.45, 2.75) is 25.7 Å². The average Bonchev–Trinajstić information content (AvgIpc) is 2.33. The van der Waals surface area contributed by atoms with Gasteiger partial charge >= 0.3 is 0 Å². The Morgan fingerprint density at radius 2 is 2.18 bits per heavy atom. The zero-order valence-electron chi connectivity index (χ0n) is 10.1. The maximum Gasteiger partial charge on any atom is 0.198 e. The van der Waals surface area contributed by atoms with E-state index in [-0.39, 0.29) is 11.6 Å². The molecule has 0 aliphatic heterocycles. The molecule has 2 atom stereocenters. The highest BCUT2D eigenvalue weighted by Gasteiger charge is 2.31. The quantitative estimate of drug-likeness (QED) is 0.702. The van der Waals surface area contributed by atoms with Gasteiger partial charge in [0, 0.05) is 20.0 Å². The third kappa shape index (κ3) is 2.91. The van der Waals surface area contributed by atoms with Gasteiger partial charge < -0.3 is 4.74 Å². The van der Waals surface area contributed by atoms with Crippen molar-refractivity contribution in [2.75, 3.05) is 13.7 Å². The van der Waals surface area contributed by atoms with E-state index in [1.54, 1.807) is 7.11 Å². The third-order valence-electron chi connectivity index (χ3n) is 3.59. The predicted molar refractivity (Wildman–Crippen MR) is 64.6 cm³/mol. The molecule has 92 valence electrons. The van der Waals surface area contributed by atoms with Gasteiger partial charge in [0.1, 0.15) is 0 Å². The van der Waals surface area contributed by atoms with Gasteiger partial charge in [0.25, 0.3) is 0 Å².